The Morgan fingerprint density at radius 1 is 0.538 bits per heavy atom. The van der Waals surface area contributed by atoms with Crippen LogP contribution < -0.4 is 4.90 Å². The first-order chi connectivity index (χ1) is 12.8. The van der Waals surface area contributed by atoms with Crippen LogP contribution in [-0.4, -0.2) is 17.0 Å². The fourth-order valence-corrected chi connectivity index (χ4v) is 3.14. The van der Waals surface area contributed by atoms with Crippen molar-refractivity contribution in [2.45, 2.75) is 0 Å². The van der Waals surface area contributed by atoms with Gasteiger partial charge in [-0.15, -0.1) is 0 Å². The lowest BCUT2D eigenvalue weighted by molar-refractivity contribution is 1.19. The molecule has 0 atom stereocenters. The lowest BCUT2D eigenvalue weighted by Gasteiger charge is -2.25. The van der Waals surface area contributed by atoms with E-state index in [2.05, 4.69) is 58.3 Å². The van der Waals surface area contributed by atoms with E-state index in [0.29, 0.717) is 0 Å². The van der Waals surface area contributed by atoms with Crippen molar-refractivity contribution in [2.75, 3.05) is 11.9 Å². The zero-order chi connectivity index (χ0) is 17.8. The highest BCUT2D eigenvalue weighted by Gasteiger charge is 2.15. The molecule has 26 heavy (non-hydrogen) atoms. The fraction of sp³-hybridized carbons (Fsp3) is 0.0435. The van der Waals surface area contributed by atoms with Gasteiger partial charge in [-0.1, -0.05) is 48.5 Å². The predicted molar refractivity (Wildman–Crippen MR) is 107 cm³/mol. The Morgan fingerprint density at radius 3 is 1.38 bits per heavy atom. The molecule has 0 amide bonds. The monoisotopic (exact) mass is 337 g/mol. The first-order valence-electron chi connectivity index (χ1n) is 8.59. The van der Waals surface area contributed by atoms with Gasteiger partial charge in [0.2, 0.25) is 0 Å². The molecular formula is C23H19N3. The first-order valence-corrected chi connectivity index (χ1v) is 8.59. The molecule has 0 N–H and O–H groups in total. The molecule has 0 aliphatic heterocycles. The molecule has 2 aromatic heterocycles. The molecule has 3 heteroatoms. The van der Waals surface area contributed by atoms with E-state index in [1.807, 2.05) is 60.9 Å². The third-order valence-corrected chi connectivity index (χ3v) is 4.41. The van der Waals surface area contributed by atoms with Gasteiger partial charge >= 0.3 is 0 Å². The van der Waals surface area contributed by atoms with Crippen molar-refractivity contribution >= 4 is 11.4 Å². The van der Waals surface area contributed by atoms with E-state index >= 15 is 0 Å². The van der Waals surface area contributed by atoms with Crippen LogP contribution in [0.2, 0.25) is 0 Å². The lowest BCUT2D eigenvalue weighted by Crippen LogP contribution is -2.12. The van der Waals surface area contributed by atoms with Gasteiger partial charge in [0.1, 0.15) is 0 Å². The van der Waals surface area contributed by atoms with Crippen LogP contribution in [-0.2, 0) is 0 Å². The van der Waals surface area contributed by atoms with Crippen LogP contribution in [0, 0.1) is 0 Å². The molecule has 0 fully saturated rings. The number of aromatic nitrogens is 2. The maximum absolute atomic E-state index is 4.53. The zero-order valence-corrected chi connectivity index (χ0v) is 14.6. The molecule has 0 aliphatic carbocycles. The van der Waals surface area contributed by atoms with Crippen LogP contribution in [0.25, 0.3) is 22.5 Å². The number of hydrogen-bond acceptors (Lipinski definition) is 3. The summed E-state index contributed by atoms with van der Waals surface area (Å²) in [6, 6.07) is 28.7. The second kappa shape index (κ2) is 7.19. The number of rotatable bonds is 4. The topological polar surface area (TPSA) is 29.0 Å². The summed E-state index contributed by atoms with van der Waals surface area (Å²) >= 11 is 0. The van der Waals surface area contributed by atoms with Crippen LogP contribution in [0.5, 0.6) is 0 Å². The summed E-state index contributed by atoms with van der Waals surface area (Å²) in [6.45, 7) is 0. The predicted octanol–water partition coefficient (Wildman–Crippen LogP) is 5.58. The molecule has 0 unspecified atom stereocenters. The van der Waals surface area contributed by atoms with Gasteiger partial charge in [0.25, 0.3) is 0 Å². The number of para-hydroxylation sites is 2. The van der Waals surface area contributed by atoms with Gasteiger partial charge in [-0.3, -0.25) is 9.97 Å². The average Bonchev–Trinajstić information content (AvgIpc) is 2.74. The largest absolute Gasteiger partial charge is 0.344 e. The molecule has 0 aliphatic rings. The second-order valence-corrected chi connectivity index (χ2v) is 6.02. The van der Waals surface area contributed by atoms with E-state index in [1.165, 1.54) is 0 Å². The Bertz CT molecular complexity index is 915. The van der Waals surface area contributed by atoms with E-state index in [0.717, 1.165) is 33.9 Å². The molecule has 126 valence electrons. The van der Waals surface area contributed by atoms with Gasteiger partial charge in [0.05, 0.1) is 22.8 Å². The molecule has 3 nitrogen and oxygen atoms in total. The summed E-state index contributed by atoms with van der Waals surface area (Å²) in [5.41, 5.74) is 6.34. The quantitative estimate of drug-likeness (QED) is 0.487. The third-order valence-electron chi connectivity index (χ3n) is 4.41. The Labute approximate surface area is 153 Å². The van der Waals surface area contributed by atoms with E-state index in [1.54, 1.807) is 0 Å². The highest BCUT2D eigenvalue weighted by molar-refractivity contribution is 5.86. The number of hydrogen-bond donors (Lipinski definition) is 0. The van der Waals surface area contributed by atoms with Crippen molar-refractivity contribution in [3.05, 3.63) is 97.3 Å². The van der Waals surface area contributed by atoms with Crippen molar-refractivity contribution < 1.29 is 0 Å². The molecule has 4 aromatic rings. The standard InChI is InChI=1S/C23H19N3/c1-26(22-14-4-2-10-18(22)20-12-6-8-16-24-20)23-15-5-3-11-19(23)21-13-7-9-17-25-21/h2-17H,1H3. The van der Waals surface area contributed by atoms with Gasteiger partial charge in [-0.25, -0.2) is 0 Å². The SMILES string of the molecule is CN(c1ccccc1-c1ccccn1)c1ccccc1-c1ccccn1. The summed E-state index contributed by atoms with van der Waals surface area (Å²) in [5.74, 6) is 0. The van der Waals surface area contributed by atoms with Gasteiger partial charge in [-0.05, 0) is 36.4 Å². The summed E-state index contributed by atoms with van der Waals surface area (Å²) < 4.78 is 0. The summed E-state index contributed by atoms with van der Waals surface area (Å²) in [6.07, 6.45) is 3.65. The van der Waals surface area contributed by atoms with Gasteiger partial charge in [-0.2, -0.15) is 0 Å². The van der Waals surface area contributed by atoms with Crippen molar-refractivity contribution in [2.24, 2.45) is 0 Å². The normalized spacial score (nSPS) is 10.5. The van der Waals surface area contributed by atoms with Crippen LogP contribution in [0.1, 0.15) is 0 Å². The minimum atomic E-state index is 0.963. The van der Waals surface area contributed by atoms with E-state index in [4.69, 9.17) is 0 Å². The lowest BCUT2D eigenvalue weighted by atomic mass is 10.0. The molecule has 0 spiro atoms. The van der Waals surface area contributed by atoms with Crippen molar-refractivity contribution in [1.82, 2.24) is 9.97 Å². The molecular weight excluding hydrogens is 318 g/mol. The average molecular weight is 337 g/mol. The molecule has 0 radical (unpaired) electrons. The minimum absolute atomic E-state index is 0.963. The first kappa shape index (κ1) is 16.0. The number of nitrogens with zero attached hydrogens (tertiary/aromatic N) is 3. The highest BCUT2D eigenvalue weighted by Crippen LogP contribution is 2.37. The number of pyridine rings is 2. The summed E-state index contributed by atoms with van der Waals surface area (Å²) in [5, 5.41) is 0. The van der Waals surface area contributed by atoms with Crippen LogP contribution in [0.4, 0.5) is 11.4 Å². The summed E-state index contributed by atoms with van der Waals surface area (Å²) in [4.78, 5) is 11.3. The zero-order valence-electron chi connectivity index (χ0n) is 14.6. The second-order valence-electron chi connectivity index (χ2n) is 6.02. The molecule has 2 aromatic carbocycles. The maximum atomic E-state index is 4.53. The minimum Gasteiger partial charge on any atom is -0.344 e. The Hall–Kier alpha value is -3.46. The van der Waals surface area contributed by atoms with E-state index in [-0.39, 0.29) is 0 Å². The maximum Gasteiger partial charge on any atom is 0.0722 e. The van der Waals surface area contributed by atoms with Gasteiger partial charge in [0, 0.05) is 30.6 Å². The Kier molecular flexibility index (Phi) is 4.44. The molecule has 0 saturated carbocycles. The molecule has 2 heterocycles. The van der Waals surface area contributed by atoms with Crippen molar-refractivity contribution in [3.63, 3.8) is 0 Å². The fourth-order valence-electron chi connectivity index (χ4n) is 3.14. The van der Waals surface area contributed by atoms with Crippen LogP contribution in [0.15, 0.2) is 97.3 Å². The molecule has 4 rings (SSSR count). The highest BCUT2D eigenvalue weighted by atomic mass is 15.1. The van der Waals surface area contributed by atoms with Crippen molar-refractivity contribution in [3.8, 4) is 22.5 Å². The van der Waals surface area contributed by atoms with Gasteiger partial charge < -0.3 is 4.90 Å². The number of benzene rings is 2. The third kappa shape index (κ3) is 3.07. The Balaban J connectivity index is 1.83. The van der Waals surface area contributed by atoms with Crippen molar-refractivity contribution in [1.29, 1.82) is 0 Å². The van der Waals surface area contributed by atoms with E-state index in [9.17, 15) is 0 Å². The Morgan fingerprint density at radius 2 is 0.962 bits per heavy atom. The number of anilines is 2. The van der Waals surface area contributed by atoms with E-state index < -0.39 is 0 Å². The molecule has 0 saturated heterocycles. The van der Waals surface area contributed by atoms with Gasteiger partial charge in [0.15, 0.2) is 0 Å². The summed E-state index contributed by atoms with van der Waals surface area (Å²) in [7, 11) is 2.09. The van der Waals surface area contributed by atoms with Crippen LogP contribution in [0.3, 0.4) is 0 Å². The van der Waals surface area contributed by atoms with Crippen LogP contribution >= 0.6 is 0 Å². The smallest absolute Gasteiger partial charge is 0.0722 e. The molecule has 0 bridgehead atoms.